The number of rotatable bonds is 1. The predicted octanol–water partition coefficient (Wildman–Crippen LogP) is 2.65. The van der Waals surface area contributed by atoms with Gasteiger partial charge in [0.25, 0.3) is 0 Å². The van der Waals surface area contributed by atoms with Crippen molar-refractivity contribution in [1.82, 2.24) is 4.98 Å². The molecule has 78 valence electrons. The molecule has 0 atom stereocenters. The molecule has 0 fully saturated rings. The number of pyridine rings is 1. The summed E-state index contributed by atoms with van der Waals surface area (Å²) in [6.07, 6.45) is -3.00. The van der Waals surface area contributed by atoms with Crippen molar-refractivity contribution in [2.45, 2.75) is 21.0 Å². The summed E-state index contributed by atoms with van der Waals surface area (Å²) in [5.41, 5.74) is -0.589. The average molecular weight is 310 g/mol. The molecular formula is C9H12F3NSn. The zero-order chi connectivity index (χ0) is 11.0. The first-order valence-electron chi connectivity index (χ1n) is 4.25. The van der Waals surface area contributed by atoms with Crippen molar-refractivity contribution in [2.24, 2.45) is 0 Å². The second-order valence-corrected chi connectivity index (χ2v) is 18.5. The molecule has 0 radical (unpaired) electrons. The van der Waals surface area contributed by atoms with Crippen molar-refractivity contribution in [3.05, 3.63) is 23.9 Å². The van der Waals surface area contributed by atoms with Gasteiger partial charge in [-0.1, -0.05) is 0 Å². The summed E-state index contributed by atoms with van der Waals surface area (Å²) in [5, 5.41) is 0. The minimum atomic E-state index is -4.26. The van der Waals surface area contributed by atoms with Gasteiger partial charge >= 0.3 is 85.1 Å². The van der Waals surface area contributed by atoms with Crippen LogP contribution in [0, 0.1) is 0 Å². The van der Waals surface area contributed by atoms with E-state index in [4.69, 9.17) is 0 Å². The number of hydrogen-bond acceptors (Lipinski definition) is 1. The number of halogens is 3. The molecule has 0 spiro atoms. The fourth-order valence-corrected chi connectivity index (χ4v) is 4.01. The third-order valence-electron chi connectivity index (χ3n) is 1.86. The molecule has 14 heavy (non-hydrogen) atoms. The Kier molecular flexibility index (Phi) is 3.13. The van der Waals surface area contributed by atoms with Gasteiger partial charge in [-0.2, -0.15) is 0 Å². The van der Waals surface area contributed by atoms with Crippen molar-refractivity contribution in [3.8, 4) is 0 Å². The zero-order valence-electron chi connectivity index (χ0n) is 8.31. The normalized spacial score (nSPS) is 13.0. The summed E-state index contributed by atoms with van der Waals surface area (Å²) in [6.45, 7) is 0. The van der Waals surface area contributed by atoms with Crippen molar-refractivity contribution in [1.29, 1.82) is 0 Å². The van der Waals surface area contributed by atoms with Crippen molar-refractivity contribution in [3.63, 3.8) is 0 Å². The molecule has 0 saturated heterocycles. The number of aromatic nitrogens is 1. The van der Waals surface area contributed by atoms with Gasteiger partial charge in [0.15, 0.2) is 0 Å². The van der Waals surface area contributed by atoms with Crippen LogP contribution in [0.3, 0.4) is 0 Å². The first kappa shape index (κ1) is 11.8. The van der Waals surface area contributed by atoms with Crippen LogP contribution in [0.4, 0.5) is 13.2 Å². The topological polar surface area (TPSA) is 12.9 Å². The van der Waals surface area contributed by atoms with Gasteiger partial charge in [0.1, 0.15) is 0 Å². The van der Waals surface area contributed by atoms with E-state index in [0.717, 1.165) is 6.07 Å². The Morgan fingerprint density at radius 2 is 1.79 bits per heavy atom. The van der Waals surface area contributed by atoms with Gasteiger partial charge in [-0.05, 0) is 0 Å². The number of alkyl halides is 3. The summed E-state index contributed by atoms with van der Waals surface area (Å²) in [4.78, 5) is 10.1. The van der Waals surface area contributed by atoms with E-state index in [1.54, 1.807) is 0 Å². The maximum atomic E-state index is 12.4. The molecule has 0 saturated carbocycles. The molecule has 5 heteroatoms. The Morgan fingerprint density at radius 1 is 1.21 bits per heavy atom. The van der Waals surface area contributed by atoms with Crippen LogP contribution in [-0.2, 0) is 6.18 Å². The average Bonchev–Trinajstić information content (AvgIpc) is 2.01. The van der Waals surface area contributed by atoms with E-state index in [1.807, 2.05) is 14.8 Å². The van der Waals surface area contributed by atoms with Gasteiger partial charge in [-0.25, -0.2) is 0 Å². The minimum absolute atomic E-state index is 0.589. The van der Waals surface area contributed by atoms with Crippen LogP contribution in [0.5, 0.6) is 0 Å². The van der Waals surface area contributed by atoms with E-state index in [1.165, 1.54) is 12.3 Å². The van der Waals surface area contributed by atoms with E-state index in [-0.39, 0.29) is 0 Å². The molecule has 0 aliphatic heterocycles. The van der Waals surface area contributed by atoms with Gasteiger partial charge < -0.3 is 0 Å². The summed E-state index contributed by atoms with van der Waals surface area (Å²) in [7, 11) is 0. The fraction of sp³-hybridized carbons (Fsp3) is 0.444. The van der Waals surface area contributed by atoms with Crippen LogP contribution in [0.15, 0.2) is 18.3 Å². The Bertz CT molecular complexity index is 298. The van der Waals surface area contributed by atoms with Gasteiger partial charge in [0.2, 0.25) is 0 Å². The summed E-state index contributed by atoms with van der Waals surface area (Å²) in [6, 6.07) is 2.21. The molecule has 0 unspecified atom stereocenters. The summed E-state index contributed by atoms with van der Waals surface area (Å²) >= 11 is -2.47. The van der Waals surface area contributed by atoms with E-state index in [9.17, 15) is 13.2 Å². The Labute approximate surface area is 85.2 Å². The van der Waals surface area contributed by atoms with Crippen LogP contribution in [0.25, 0.3) is 0 Å². The SMILES string of the molecule is [CH3][Sn]([CH3])([CH3])[c]1cc(C(F)(F)F)ccn1. The number of hydrogen-bond donors (Lipinski definition) is 0. The van der Waals surface area contributed by atoms with Gasteiger partial charge in [0.05, 0.1) is 0 Å². The maximum absolute atomic E-state index is 12.4. The second kappa shape index (κ2) is 3.71. The zero-order valence-corrected chi connectivity index (χ0v) is 11.2. The third-order valence-corrected chi connectivity index (χ3v) is 7.02. The van der Waals surface area contributed by atoms with Gasteiger partial charge in [-0.3, -0.25) is 0 Å². The van der Waals surface area contributed by atoms with E-state index in [0.29, 0.717) is 3.71 Å². The second-order valence-electron chi connectivity index (χ2n) is 4.18. The van der Waals surface area contributed by atoms with E-state index >= 15 is 0 Å². The third kappa shape index (κ3) is 2.86. The van der Waals surface area contributed by atoms with Crippen LogP contribution < -0.4 is 3.71 Å². The molecule has 0 amide bonds. The molecule has 0 aromatic carbocycles. The van der Waals surface area contributed by atoms with Crippen molar-refractivity contribution < 1.29 is 13.2 Å². The Hall–Kier alpha value is -0.261. The molecular weight excluding hydrogens is 298 g/mol. The van der Waals surface area contributed by atoms with Crippen molar-refractivity contribution >= 4 is 22.1 Å². The number of nitrogens with zero attached hydrogens (tertiary/aromatic N) is 1. The molecule has 0 N–H and O–H groups in total. The summed E-state index contributed by atoms with van der Waals surface area (Å²) < 4.78 is 37.7. The molecule has 0 aliphatic rings. The van der Waals surface area contributed by atoms with Gasteiger partial charge in [0, 0.05) is 0 Å². The van der Waals surface area contributed by atoms with Gasteiger partial charge in [-0.15, -0.1) is 0 Å². The van der Waals surface area contributed by atoms with E-state index in [2.05, 4.69) is 4.98 Å². The molecule has 0 aliphatic carbocycles. The predicted molar refractivity (Wildman–Crippen MR) is 52.2 cm³/mol. The molecule has 1 aromatic heterocycles. The van der Waals surface area contributed by atoms with E-state index < -0.39 is 30.1 Å². The molecule has 1 nitrogen and oxygen atoms in total. The van der Waals surface area contributed by atoms with Crippen LogP contribution in [0.2, 0.25) is 14.8 Å². The standard InChI is InChI=1S/C6H3F3N.3CH3.Sn/c7-6(8,9)5-1-3-10-4-2-5;;;;/h1-3H;3*1H3;. The molecule has 1 heterocycles. The van der Waals surface area contributed by atoms with Crippen LogP contribution in [0.1, 0.15) is 5.56 Å². The molecule has 1 rings (SSSR count). The Balaban J connectivity index is 3.15. The monoisotopic (exact) mass is 311 g/mol. The first-order chi connectivity index (χ1) is 6.21. The first-order valence-corrected chi connectivity index (χ1v) is 14.2. The fourth-order valence-electron chi connectivity index (χ4n) is 1.02. The molecule has 1 aromatic rings. The van der Waals surface area contributed by atoms with Crippen LogP contribution in [-0.4, -0.2) is 23.4 Å². The van der Waals surface area contributed by atoms with Crippen molar-refractivity contribution in [2.75, 3.05) is 0 Å². The quantitative estimate of drug-likeness (QED) is 0.727. The molecule has 0 bridgehead atoms. The van der Waals surface area contributed by atoms with Crippen LogP contribution >= 0.6 is 0 Å². The Morgan fingerprint density at radius 3 is 2.21 bits per heavy atom. The summed E-state index contributed by atoms with van der Waals surface area (Å²) in [5.74, 6) is 0.